The zero-order valence-electron chi connectivity index (χ0n) is 15.9. The summed E-state index contributed by atoms with van der Waals surface area (Å²) in [4.78, 5) is 35.8. The molecule has 0 bridgehead atoms. The number of ether oxygens (including phenoxy) is 2. The lowest BCUT2D eigenvalue weighted by Gasteiger charge is -2.08. The summed E-state index contributed by atoms with van der Waals surface area (Å²) >= 11 is 1.33. The van der Waals surface area contributed by atoms with E-state index in [0.29, 0.717) is 39.5 Å². The number of hydrogen-bond donors (Lipinski definition) is 1. The van der Waals surface area contributed by atoms with Crippen LogP contribution in [0.25, 0.3) is 10.2 Å². The van der Waals surface area contributed by atoms with E-state index in [2.05, 4.69) is 15.3 Å². The third-order valence-electron chi connectivity index (χ3n) is 4.79. The first-order chi connectivity index (χ1) is 14.6. The SMILES string of the molecule is Cc1sc2ncn(Cc3ccc4c(c3)OCO4)c(=O)c2c1C(=O)Nc1cccnc1. The number of rotatable bonds is 4. The molecule has 8 nitrogen and oxygen atoms in total. The van der Waals surface area contributed by atoms with Crippen molar-refractivity contribution in [1.29, 1.82) is 0 Å². The molecule has 1 aliphatic heterocycles. The van der Waals surface area contributed by atoms with E-state index in [1.54, 1.807) is 24.5 Å². The molecule has 0 fully saturated rings. The predicted octanol–water partition coefficient (Wildman–Crippen LogP) is 3.19. The minimum Gasteiger partial charge on any atom is -0.454 e. The van der Waals surface area contributed by atoms with Crippen LogP contribution in [-0.4, -0.2) is 27.2 Å². The molecular formula is C21H16N4O4S. The number of nitrogens with zero attached hydrogens (tertiary/aromatic N) is 3. The topological polar surface area (TPSA) is 95.3 Å². The molecule has 30 heavy (non-hydrogen) atoms. The van der Waals surface area contributed by atoms with Gasteiger partial charge in [-0.2, -0.15) is 0 Å². The lowest BCUT2D eigenvalue weighted by atomic mass is 10.1. The molecule has 0 radical (unpaired) electrons. The maximum absolute atomic E-state index is 13.2. The van der Waals surface area contributed by atoms with Gasteiger partial charge in [-0.1, -0.05) is 6.07 Å². The standard InChI is InChI=1S/C21H16N4O4S/c1-12-17(19(26)24-14-3-2-6-22-8-14)18-20(30-12)23-10-25(21(18)27)9-13-4-5-15-16(7-13)29-11-28-15/h2-8,10H,9,11H2,1H3,(H,24,26). The summed E-state index contributed by atoms with van der Waals surface area (Å²) in [5.41, 5.74) is 1.51. The highest BCUT2D eigenvalue weighted by Crippen LogP contribution is 2.33. The molecule has 0 aliphatic carbocycles. The third-order valence-corrected chi connectivity index (χ3v) is 5.80. The molecule has 1 amide bonds. The summed E-state index contributed by atoms with van der Waals surface area (Å²) in [7, 11) is 0. The second-order valence-corrected chi connectivity index (χ2v) is 7.98. The van der Waals surface area contributed by atoms with Crippen molar-refractivity contribution in [1.82, 2.24) is 14.5 Å². The Hall–Kier alpha value is -3.72. The third kappa shape index (κ3) is 3.18. The smallest absolute Gasteiger partial charge is 0.263 e. The van der Waals surface area contributed by atoms with Crippen LogP contribution in [0, 0.1) is 6.92 Å². The first-order valence-corrected chi connectivity index (χ1v) is 10.0. The van der Waals surface area contributed by atoms with E-state index in [-0.39, 0.29) is 18.3 Å². The number of aromatic nitrogens is 3. The second kappa shape index (κ2) is 7.27. The van der Waals surface area contributed by atoms with Crippen LogP contribution in [0.5, 0.6) is 11.5 Å². The molecule has 4 heterocycles. The van der Waals surface area contributed by atoms with Crippen LogP contribution in [-0.2, 0) is 6.54 Å². The van der Waals surface area contributed by atoms with Crippen LogP contribution in [0.3, 0.4) is 0 Å². The van der Waals surface area contributed by atoms with Crippen molar-refractivity contribution in [3.05, 3.63) is 75.4 Å². The van der Waals surface area contributed by atoms with Gasteiger partial charge in [0.25, 0.3) is 11.5 Å². The average molecular weight is 420 g/mol. The molecule has 4 aromatic rings. The van der Waals surface area contributed by atoms with E-state index in [0.717, 1.165) is 10.4 Å². The molecular weight excluding hydrogens is 404 g/mol. The fourth-order valence-electron chi connectivity index (χ4n) is 3.39. The van der Waals surface area contributed by atoms with Gasteiger partial charge in [-0.15, -0.1) is 11.3 Å². The van der Waals surface area contributed by atoms with Crippen molar-refractivity contribution in [3.63, 3.8) is 0 Å². The van der Waals surface area contributed by atoms with E-state index in [1.165, 1.54) is 22.2 Å². The minimum absolute atomic E-state index is 0.190. The van der Waals surface area contributed by atoms with Gasteiger partial charge < -0.3 is 14.8 Å². The number of benzene rings is 1. The lowest BCUT2D eigenvalue weighted by Crippen LogP contribution is -2.23. The number of pyridine rings is 1. The zero-order chi connectivity index (χ0) is 20.7. The lowest BCUT2D eigenvalue weighted by molar-refractivity contribution is 0.102. The maximum Gasteiger partial charge on any atom is 0.263 e. The van der Waals surface area contributed by atoms with Crippen molar-refractivity contribution in [2.24, 2.45) is 0 Å². The number of fused-ring (bicyclic) bond motifs is 2. The minimum atomic E-state index is -0.355. The van der Waals surface area contributed by atoms with Gasteiger partial charge in [-0.05, 0) is 36.8 Å². The molecule has 150 valence electrons. The molecule has 1 aliphatic rings. The van der Waals surface area contributed by atoms with Gasteiger partial charge in [0.15, 0.2) is 11.5 Å². The van der Waals surface area contributed by atoms with Gasteiger partial charge in [0.1, 0.15) is 4.83 Å². The molecule has 0 spiro atoms. The highest BCUT2D eigenvalue weighted by molar-refractivity contribution is 7.19. The largest absolute Gasteiger partial charge is 0.454 e. The van der Waals surface area contributed by atoms with Gasteiger partial charge in [0, 0.05) is 11.1 Å². The summed E-state index contributed by atoms with van der Waals surface area (Å²) in [6, 6.07) is 9.00. The normalized spacial score (nSPS) is 12.3. The van der Waals surface area contributed by atoms with Gasteiger partial charge >= 0.3 is 0 Å². The molecule has 1 N–H and O–H groups in total. The van der Waals surface area contributed by atoms with Gasteiger partial charge in [0.2, 0.25) is 6.79 Å². The fourth-order valence-corrected chi connectivity index (χ4v) is 4.37. The van der Waals surface area contributed by atoms with Crippen molar-refractivity contribution < 1.29 is 14.3 Å². The molecule has 0 unspecified atom stereocenters. The number of nitrogens with one attached hydrogen (secondary N) is 1. The van der Waals surface area contributed by atoms with E-state index >= 15 is 0 Å². The first-order valence-electron chi connectivity index (χ1n) is 9.18. The molecule has 3 aromatic heterocycles. The molecule has 5 rings (SSSR count). The predicted molar refractivity (Wildman–Crippen MR) is 112 cm³/mol. The Balaban J connectivity index is 1.52. The van der Waals surface area contributed by atoms with Crippen LogP contribution in [0.1, 0.15) is 20.8 Å². The van der Waals surface area contributed by atoms with Crippen molar-refractivity contribution in [3.8, 4) is 11.5 Å². The van der Waals surface area contributed by atoms with Gasteiger partial charge in [-0.3, -0.25) is 19.1 Å². The quantitative estimate of drug-likeness (QED) is 0.545. The van der Waals surface area contributed by atoms with Crippen LogP contribution >= 0.6 is 11.3 Å². The van der Waals surface area contributed by atoms with Gasteiger partial charge in [0.05, 0.1) is 35.7 Å². The Morgan fingerprint density at radius 3 is 2.97 bits per heavy atom. The Morgan fingerprint density at radius 2 is 2.13 bits per heavy atom. The van der Waals surface area contributed by atoms with Crippen molar-refractivity contribution in [2.45, 2.75) is 13.5 Å². The molecule has 9 heteroatoms. The fraction of sp³-hybridized carbons (Fsp3) is 0.143. The number of anilines is 1. The summed E-state index contributed by atoms with van der Waals surface area (Å²) in [6.07, 6.45) is 4.69. The number of thiophene rings is 1. The molecule has 1 aromatic carbocycles. The molecule has 0 atom stereocenters. The number of carbonyl (C=O) groups excluding carboxylic acids is 1. The second-order valence-electron chi connectivity index (χ2n) is 6.77. The molecule has 0 saturated carbocycles. The maximum atomic E-state index is 13.2. The number of aryl methyl sites for hydroxylation is 1. The van der Waals surface area contributed by atoms with E-state index in [4.69, 9.17) is 9.47 Å². The number of hydrogen-bond acceptors (Lipinski definition) is 7. The summed E-state index contributed by atoms with van der Waals surface area (Å²) < 4.78 is 12.2. The van der Waals surface area contributed by atoms with Crippen LogP contribution < -0.4 is 20.3 Å². The Morgan fingerprint density at radius 1 is 1.27 bits per heavy atom. The van der Waals surface area contributed by atoms with Crippen molar-refractivity contribution in [2.75, 3.05) is 12.1 Å². The number of amides is 1. The Bertz CT molecular complexity index is 1330. The number of carbonyl (C=O) groups is 1. The van der Waals surface area contributed by atoms with Crippen molar-refractivity contribution >= 4 is 33.1 Å². The highest BCUT2D eigenvalue weighted by Gasteiger charge is 2.22. The Kier molecular flexibility index (Phi) is 4.44. The van der Waals surface area contributed by atoms with Crippen LogP contribution in [0.4, 0.5) is 5.69 Å². The summed E-state index contributed by atoms with van der Waals surface area (Å²) in [5, 5.41) is 3.12. The van der Waals surface area contributed by atoms with Gasteiger partial charge in [-0.25, -0.2) is 4.98 Å². The average Bonchev–Trinajstić information content (AvgIpc) is 3.34. The summed E-state index contributed by atoms with van der Waals surface area (Å²) in [6.45, 7) is 2.30. The van der Waals surface area contributed by atoms with E-state index < -0.39 is 0 Å². The zero-order valence-corrected chi connectivity index (χ0v) is 16.7. The Labute approximate surface area is 174 Å². The first kappa shape index (κ1) is 18.3. The van der Waals surface area contributed by atoms with Crippen LogP contribution in [0.2, 0.25) is 0 Å². The molecule has 0 saturated heterocycles. The van der Waals surface area contributed by atoms with Crippen LogP contribution in [0.15, 0.2) is 53.8 Å². The summed E-state index contributed by atoms with van der Waals surface area (Å²) in [5.74, 6) is 0.978. The highest BCUT2D eigenvalue weighted by atomic mass is 32.1. The monoisotopic (exact) mass is 420 g/mol. The van der Waals surface area contributed by atoms with E-state index in [9.17, 15) is 9.59 Å². The van der Waals surface area contributed by atoms with E-state index in [1.807, 2.05) is 25.1 Å².